The molecular weight excluding hydrogens is 102 g/mol. The van der Waals surface area contributed by atoms with Crippen molar-refractivity contribution in [2.75, 3.05) is 19.8 Å². The molecule has 1 saturated heterocycles. The van der Waals surface area contributed by atoms with Crippen LogP contribution in [0.2, 0.25) is 0 Å². The van der Waals surface area contributed by atoms with Gasteiger partial charge in [0, 0.05) is 0 Å². The fraction of sp³-hybridized carbons (Fsp3) is 1.00. The second-order valence-corrected chi connectivity index (χ2v) is 2.76. The van der Waals surface area contributed by atoms with Crippen LogP contribution >= 0.6 is 0 Å². The van der Waals surface area contributed by atoms with Crippen LogP contribution in [0.3, 0.4) is 0 Å². The summed E-state index contributed by atoms with van der Waals surface area (Å²) in [6, 6.07) is 0. The third-order valence-electron chi connectivity index (χ3n) is 2.40. The van der Waals surface area contributed by atoms with Gasteiger partial charge in [0.25, 0.3) is 0 Å². The summed E-state index contributed by atoms with van der Waals surface area (Å²) < 4.78 is 5.18. The van der Waals surface area contributed by atoms with Crippen LogP contribution in [0.5, 0.6) is 0 Å². The van der Waals surface area contributed by atoms with Gasteiger partial charge in [0.05, 0.1) is 13.2 Å². The highest BCUT2D eigenvalue weighted by Gasteiger charge is 2.52. The maximum absolute atomic E-state index is 5.47. The molecule has 2 atom stereocenters. The first kappa shape index (κ1) is 4.77. The maximum Gasteiger partial charge on any atom is 0.0501 e. The van der Waals surface area contributed by atoms with Crippen molar-refractivity contribution < 1.29 is 4.74 Å². The monoisotopic (exact) mass is 113 g/mol. The minimum Gasteiger partial charge on any atom is -0.381 e. The van der Waals surface area contributed by atoms with Crippen molar-refractivity contribution in [2.45, 2.75) is 0 Å². The van der Waals surface area contributed by atoms with Gasteiger partial charge in [-0.15, -0.1) is 0 Å². The van der Waals surface area contributed by atoms with Crippen LogP contribution in [0.15, 0.2) is 0 Å². The lowest BCUT2D eigenvalue weighted by molar-refractivity contribution is 0.152. The van der Waals surface area contributed by atoms with E-state index in [-0.39, 0.29) is 0 Å². The van der Waals surface area contributed by atoms with Gasteiger partial charge in [0.15, 0.2) is 0 Å². The van der Waals surface area contributed by atoms with Crippen molar-refractivity contribution in [3.63, 3.8) is 0 Å². The Morgan fingerprint density at radius 2 is 2.00 bits per heavy atom. The van der Waals surface area contributed by atoms with Gasteiger partial charge < -0.3 is 10.5 Å². The smallest absolute Gasteiger partial charge is 0.0501 e. The van der Waals surface area contributed by atoms with Crippen LogP contribution in [-0.2, 0) is 4.74 Å². The molecule has 0 bridgehead atoms. The summed E-state index contributed by atoms with van der Waals surface area (Å²) in [5, 5.41) is 0. The summed E-state index contributed by atoms with van der Waals surface area (Å²) in [5.41, 5.74) is 5.47. The maximum atomic E-state index is 5.47. The average Bonchev–Trinajstić information content (AvgIpc) is 2.22. The van der Waals surface area contributed by atoms with E-state index in [0.717, 1.165) is 37.5 Å². The molecule has 1 aliphatic heterocycles. The number of ether oxygens (including phenoxy) is 1. The average molecular weight is 113 g/mol. The predicted molar refractivity (Wildman–Crippen MR) is 30.3 cm³/mol. The van der Waals surface area contributed by atoms with Crippen LogP contribution in [0.1, 0.15) is 0 Å². The number of hydrogen-bond donors (Lipinski definition) is 1. The van der Waals surface area contributed by atoms with E-state index < -0.39 is 0 Å². The second kappa shape index (κ2) is 1.45. The molecule has 0 aromatic heterocycles. The summed E-state index contributed by atoms with van der Waals surface area (Å²) in [6.07, 6.45) is 0. The number of hydrogen-bond acceptors (Lipinski definition) is 2. The van der Waals surface area contributed by atoms with Gasteiger partial charge in [-0.3, -0.25) is 0 Å². The van der Waals surface area contributed by atoms with Gasteiger partial charge in [-0.2, -0.15) is 0 Å². The Labute approximate surface area is 49.0 Å². The quantitative estimate of drug-likeness (QED) is 0.512. The lowest BCUT2D eigenvalue weighted by atomic mass is 10.3. The molecule has 1 aliphatic carbocycles. The summed E-state index contributed by atoms with van der Waals surface area (Å²) >= 11 is 0. The Hall–Kier alpha value is -0.0800. The van der Waals surface area contributed by atoms with Crippen molar-refractivity contribution in [3.05, 3.63) is 0 Å². The highest BCUT2D eigenvalue weighted by molar-refractivity contribution is 5.00. The predicted octanol–water partition coefficient (Wildman–Crippen LogP) is -0.163. The van der Waals surface area contributed by atoms with Crippen molar-refractivity contribution in [1.29, 1.82) is 0 Å². The second-order valence-electron chi connectivity index (χ2n) is 2.76. The van der Waals surface area contributed by atoms with Crippen LogP contribution in [0, 0.1) is 17.8 Å². The van der Waals surface area contributed by atoms with Crippen molar-refractivity contribution in [2.24, 2.45) is 23.5 Å². The minimum absolute atomic E-state index is 0.823. The van der Waals surface area contributed by atoms with Gasteiger partial charge in [0.2, 0.25) is 0 Å². The van der Waals surface area contributed by atoms with E-state index in [1.807, 2.05) is 0 Å². The van der Waals surface area contributed by atoms with Crippen molar-refractivity contribution in [3.8, 4) is 0 Å². The number of rotatable bonds is 1. The highest BCUT2D eigenvalue weighted by atomic mass is 16.5. The molecule has 1 heterocycles. The van der Waals surface area contributed by atoms with Crippen LogP contribution < -0.4 is 5.73 Å². The van der Waals surface area contributed by atoms with E-state index in [2.05, 4.69) is 0 Å². The SMILES string of the molecule is NCC1[C@H]2COC[C@H]12. The summed E-state index contributed by atoms with van der Waals surface area (Å²) in [4.78, 5) is 0. The Morgan fingerprint density at radius 1 is 1.38 bits per heavy atom. The summed E-state index contributed by atoms with van der Waals surface area (Å²) in [6.45, 7) is 2.83. The van der Waals surface area contributed by atoms with E-state index >= 15 is 0 Å². The van der Waals surface area contributed by atoms with Gasteiger partial charge in [-0.1, -0.05) is 0 Å². The first-order valence-corrected chi connectivity index (χ1v) is 3.21. The summed E-state index contributed by atoms with van der Waals surface area (Å²) in [5.74, 6) is 2.52. The fourth-order valence-corrected chi connectivity index (χ4v) is 1.71. The largest absolute Gasteiger partial charge is 0.381 e. The molecule has 0 unspecified atom stereocenters. The molecule has 2 heteroatoms. The molecule has 2 aliphatic rings. The fourth-order valence-electron chi connectivity index (χ4n) is 1.71. The molecule has 2 rings (SSSR count). The van der Waals surface area contributed by atoms with Gasteiger partial charge in [-0.05, 0) is 24.3 Å². The van der Waals surface area contributed by atoms with Crippen LogP contribution in [0.4, 0.5) is 0 Å². The first-order valence-electron chi connectivity index (χ1n) is 3.21. The van der Waals surface area contributed by atoms with Crippen LogP contribution in [-0.4, -0.2) is 19.8 Å². The van der Waals surface area contributed by atoms with E-state index in [1.165, 1.54) is 0 Å². The molecule has 0 amide bonds. The Balaban J connectivity index is 1.94. The van der Waals surface area contributed by atoms with Crippen molar-refractivity contribution >= 4 is 0 Å². The standard InChI is InChI=1S/C6H11NO/c7-1-4-5-2-8-3-6(4)5/h4-6H,1-3,7H2/t5-,6-/m1/s1. The normalized spacial score (nSPS) is 51.4. The number of nitrogens with two attached hydrogens (primary N) is 1. The minimum atomic E-state index is 0.823. The molecule has 0 radical (unpaired) electrons. The highest BCUT2D eigenvalue weighted by Crippen LogP contribution is 2.49. The lowest BCUT2D eigenvalue weighted by Gasteiger charge is -1.97. The Morgan fingerprint density at radius 3 is 2.38 bits per heavy atom. The lowest BCUT2D eigenvalue weighted by Crippen LogP contribution is -2.08. The molecule has 8 heavy (non-hydrogen) atoms. The molecule has 0 aromatic rings. The van der Waals surface area contributed by atoms with E-state index in [4.69, 9.17) is 10.5 Å². The van der Waals surface area contributed by atoms with E-state index in [1.54, 1.807) is 0 Å². The van der Waals surface area contributed by atoms with E-state index in [0.29, 0.717) is 0 Å². The van der Waals surface area contributed by atoms with Gasteiger partial charge in [0.1, 0.15) is 0 Å². The zero-order chi connectivity index (χ0) is 5.56. The van der Waals surface area contributed by atoms with Crippen LogP contribution in [0.25, 0.3) is 0 Å². The van der Waals surface area contributed by atoms with Crippen molar-refractivity contribution in [1.82, 2.24) is 0 Å². The zero-order valence-corrected chi connectivity index (χ0v) is 4.84. The molecule has 0 spiro atoms. The molecule has 2 fully saturated rings. The molecule has 0 aromatic carbocycles. The molecule has 46 valence electrons. The van der Waals surface area contributed by atoms with Gasteiger partial charge in [-0.25, -0.2) is 0 Å². The molecule has 2 nitrogen and oxygen atoms in total. The molecular formula is C6H11NO. The third-order valence-corrected chi connectivity index (χ3v) is 2.40. The summed E-state index contributed by atoms with van der Waals surface area (Å²) in [7, 11) is 0. The first-order chi connectivity index (χ1) is 3.93. The molecule has 1 saturated carbocycles. The Bertz CT molecular complexity index is 87.9. The van der Waals surface area contributed by atoms with Gasteiger partial charge >= 0.3 is 0 Å². The van der Waals surface area contributed by atoms with E-state index in [9.17, 15) is 0 Å². The third kappa shape index (κ3) is 0.446. The Kier molecular flexibility index (Phi) is 0.866. The molecule has 2 N–H and O–H groups in total. The zero-order valence-electron chi connectivity index (χ0n) is 4.84. The number of fused-ring (bicyclic) bond motifs is 1. The topological polar surface area (TPSA) is 35.2 Å².